The zero-order valence-electron chi connectivity index (χ0n) is 10.7. The molecule has 0 amide bonds. The summed E-state index contributed by atoms with van der Waals surface area (Å²) in [7, 11) is -1.90. The van der Waals surface area contributed by atoms with Gasteiger partial charge in [0.15, 0.2) is 0 Å². The fourth-order valence-electron chi connectivity index (χ4n) is 2.09. The number of sulfonamides is 1. The monoisotopic (exact) mass is 268 g/mol. The molecule has 1 aliphatic carbocycles. The van der Waals surface area contributed by atoms with Crippen molar-refractivity contribution in [2.75, 3.05) is 6.54 Å². The Hall–Kier alpha value is -1.39. The Bertz CT molecular complexity index is 608. The van der Waals surface area contributed by atoms with Gasteiger partial charge in [-0.05, 0) is 26.7 Å². The Morgan fingerprint density at radius 3 is 2.50 bits per heavy atom. The maximum absolute atomic E-state index is 12.6. The summed E-state index contributed by atoms with van der Waals surface area (Å²) < 4.78 is 28.0. The molecule has 0 bridgehead atoms. The van der Waals surface area contributed by atoms with Crippen LogP contribution in [0.2, 0.25) is 0 Å². The van der Waals surface area contributed by atoms with Gasteiger partial charge in [0.2, 0.25) is 10.0 Å². The molecule has 1 saturated carbocycles. The third-order valence-electron chi connectivity index (χ3n) is 3.19. The van der Waals surface area contributed by atoms with Crippen LogP contribution in [-0.2, 0) is 17.1 Å². The van der Waals surface area contributed by atoms with E-state index in [1.54, 1.807) is 25.6 Å². The lowest BCUT2D eigenvalue weighted by atomic mass is 10.4. The molecule has 0 N–H and O–H groups in total. The topological polar surface area (TPSA) is 79.0 Å². The quantitative estimate of drug-likeness (QED) is 0.753. The third-order valence-corrected chi connectivity index (χ3v) is 5.34. The lowest BCUT2D eigenvalue weighted by Gasteiger charge is -2.18. The Morgan fingerprint density at radius 2 is 2.11 bits per heavy atom. The summed E-state index contributed by atoms with van der Waals surface area (Å²) in [6, 6.07) is 1.91. The van der Waals surface area contributed by atoms with Gasteiger partial charge in [-0.15, -0.1) is 0 Å². The maximum Gasteiger partial charge on any atom is 0.247 e. The van der Waals surface area contributed by atoms with Crippen molar-refractivity contribution in [3.63, 3.8) is 0 Å². The van der Waals surface area contributed by atoms with Crippen LogP contribution in [0.1, 0.15) is 24.2 Å². The number of aromatic nitrogens is 2. The molecule has 6 nitrogen and oxygen atoms in total. The summed E-state index contributed by atoms with van der Waals surface area (Å²) in [6.07, 6.45) is 1.67. The number of hydrogen-bond donors (Lipinski definition) is 0. The normalized spacial score (nSPS) is 15.9. The van der Waals surface area contributed by atoms with Gasteiger partial charge < -0.3 is 0 Å². The Kier molecular flexibility index (Phi) is 3.17. The molecule has 0 aliphatic heterocycles. The highest BCUT2D eigenvalue weighted by Gasteiger charge is 2.40. The number of aryl methyl sites for hydroxylation is 2. The van der Waals surface area contributed by atoms with Crippen molar-refractivity contribution >= 4 is 10.0 Å². The minimum atomic E-state index is -3.61. The average Bonchev–Trinajstić information content (AvgIpc) is 3.04. The molecule has 1 fully saturated rings. The smallest absolute Gasteiger partial charge is 0.247 e. The van der Waals surface area contributed by atoms with Crippen LogP contribution in [0.3, 0.4) is 0 Å². The molecular weight excluding hydrogens is 252 g/mol. The van der Waals surface area contributed by atoms with Crippen LogP contribution in [0, 0.1) is 25.2 Å². The second kappa shape index (κ2) is 4.37. The van der Waals surface area contributed by atoms with Gasteiger partial charge in [-0.1, -0.05) is 0 Å². The van der Waals surface area contributed by atoms with E-state index in [0.29, 0.717) is 11.4 Å². The van der Waals surface area contributed by atoms with E-state index in [1.165, 1.54) is 4.31 Å². The fraction of sp³-hybridized carbons (Fsp3) is 0.636. The van der Waals surface area contributed by atoms with Crippen LogP contribution in [0.4, 0.5) is 0 Å². The van der Waals surface area contributed by atoms with Crippen LogP contribution in [0.25, 0.3) is 0 Å². The van der Waals surface area contributed by atoms with Gasteiger partial charge in [-0.25, -0.2) is 8.42 Å². The van der Waals surface area contributed by atoms with E-state index in [9.17, 15) is 8.42 Å². The minimum Gasteiger partial charge on any atom is -0.271 e. The van der Waals surface area contributed by atoms with Crippen molar-refractivity contribution in [2.45, 2.75) is 37.6 Å². The van der Waals surface area contributed by atoms with Gasteiger partial charge in [-0.2, -0.15) is 14.7 Å². The maximum atomic E-state index is 12.6. The summed E-state index contributed by atoms with van der Waals surface area (Å²) >= 11 is 0. The van der Waals surface area contributed by atoms with Crippen LogP contribution in [0.5, 0.6) is 0 Å². The average molecular weight is 268 g/mol. The second-order valence-corrected chi connectivity index (χ2v) is 6.39. The van der Waals surface area contributed by atoms with Crippen LogP contribution >= 0.6 is 0 Å². The molecular formula is C11H16N4O2S. The minimum absolute atomic E-state index is 0.0198. The Morgan fingerprint density at radius 1 is 1.50 bits per heavy atom. The summed E-state index contributed by atoms with van der Waals surface area (Å²) in [4.78, 5) is 0.243. The highest BCUT2D eigenvalue weighted by molar-refractivity contribution is 7.89. The molecule has 1 aliphatic rings. The van der Waals surface area contributed by atoms with Crippen molar-refractivity contribution in [3.05, 3.63) is 11.4 Å². The molecule has 1 aromatic rings. The van der Waals surface area contributed by atoms with Crippen LogP contribution < -0.4 is 0 Å². The number of nitrogens with zero attached hydrogens (tertiary/aromatic N) is 4. The van der Waals surface area contributed by atoms with Crippen molar-refractivity contribution < 1.29 is 8.42 Å². The van der Waals surface area contributed by atoms with E-state index in [-0.39, 0.29) is 17.5 Å². The van der Waals surface area contributed by atoms with Gasteiger partial charge >= 0.3 is 0 Å². The lowest BCUT2D eigenvalue weighted by Crippen LogP contribution is -2.34. The van der Waals surface area contributed by atoms with Crippen molar-refractivity contribution in [1.29, 1.82) is 5.26 Å². The number of hydrogen-bond acceptors (Lipinski definition) is 4. The lowest BCUT2D eigenvalue weighted by molar-refractivity contribution is 0.438. The van der Waals surface area contributed by atoms with E-state index >= 15 is 0 Å². The second-order valence-electron chi connectivity index (χ2n) is 4.56. The fourth-order valence-corrected chi connectivity index (χ4v) is 4.07. The molecule has 0 atom stereocenters. The molecule has 0 aromatic carbocycles. The summed E-state index contributed by atoms with van der Waals surface area (Å²) in [5, 5.41) is 12.9. The van der Waals surface area contributed by atoms with Crippen LogP contribution in [0.15, 0.2) is 4.90 Å². The van der Waals surface area contributed by atoms with Gasteiger partial charge in [0, 0.05) is 13.1 Å². The Balaban J connectivity index is 2.50. The molecule has 0 spiro atoms. The van der Waals surface area contributed by atoms with E-state index in [4.69, 9.17) is 5.26 Å². The van der Waals surface area contributed by atoms with Crippen LogP contribution in [-0.4, -0.2) is 35.1 Å². The van der Waals surface area contributed by atoms with Gasteiger partial charge in [0.05, 0.1) is 17.5 Å². The molecule has 1 aromatic heterocycles. The molecule has 98 valence electrons. The molecule has 0 saturated heterocycles. The first-order chi connectivity index (χ1) is 8.39. The van der Waals surface area contributed by atoms with Crippen molar-refractivity contribution in [2.24, 2.45) is 7.05 Å². The van der Waals surface area contributed by atoms with E-state index in [2.05, 4.69) is 5.10 Å². The van der Waals surface area contributed by atoms with Gasteiger partial charge in [0.1, 0.15) is 11.4 Å². The first-order valence-corrected chi connectivity index (χ1v) is 7.22. The molecule has 7 heteroatoms. The largest absolute Gasteiger partial charge is 0.271 e. The third kappa shape index (κ3) is 2.02. The zero-order valence-corrected chi connectivity index (χ0v) is 11.5. The Labute approximate surface area is 107 Å². The van der Waals surface area contributed by atoms with E-state index in [1.807, 2.05) is 6.07 Å². The predicted octanol–water partition coefficient (Wildman–Crippen LogP) is 0.714. The van der Waals surface area contributed by atoms with Gasteiger partial charge in [0.25, 0.3) is 0 Å². The SMILES string of the molecule is Cc1nn(C)c(C)c1S(=O)(=O)N(CC#N)C1CC1. The van der Waals surface area contributed by atoms with Crippen molar-refractivity contribution in [1.82, 2.24) is 14.1 Å². The van der Waals surface area contributed by atoms with Gasteiger partial charge in [-0.3, -0.25) is 4.68 Å². The molecule has 0 radical (unpaired) electrons. The zero-order chi connectivity index (χ0) is 13.5. The highest BCUT2D eigenvalue weighted by Crippen LogP contribution is 2.33. The summed E-state index contributed by atoms with van der Waals surface area (Å²) in [5.41, 5.74) is 1.09. The molecule has 2 rings (SSSR count). The van der Waals surface area contributed by atoms with E-state index in [0.717, 1.165) is 12.8 Å². The highest BCUT2D eigenvalue weighted by atomic mass is 32.2. The van der Waals surface area contributed by atoms with Crippen molar-refractivity contribution in [3.8, 4) is 6.07 Å². The standard InChI is InChI=1S/C11H16N4O2S/c1-8-11(9(2)14(3)13-8)18(16,17)15(7-6-12)10-4-5-10/h10H,4-5,7H2,1-3H3. The first-order valence-electron chi connectivity index (χ1n) is 5.78. The number of nitriles is 1. The first kappa shape index (κ1) is 13.1. The molecule has 1 heterocycles. The summed E-state index contributed by atoms with van der Waals surface area (Å²) in [6.45, 7) is 3.31. The molecule has 0 unspecified atom stereocenters. The molecule has 18 heavy (non-hydrogen) atoms. The van der Waals surface area contributed by atoms with E-state index < -0.39 is 10.0 Å². The predicted molar refractivity (Wildman–Crippen MR) is 65.2 cm³/mol. The number of rotatable bonds is 4. The summed E-state index contributed by atoms with van der Waals surface area (Å²) in [5.74, 6) is 0.